The Balaban J connectivity index is 3.95. The zero-order chi connectivity index (χ0) is 36.8. The van der Waals surface area contributed by atoms with E-state index < -0.39 is 28.0 Å². The van der Waals surface area contributed by atoms with Crippen LogP contribution in [0.2, 0.25) is 0 Å². The van der Waals surface area contributed by atoms with E-state index in [1.165, 1.54) is 141 Å². The quantitative estimate of drug-likeness (QED) is 0.0334. The molecule has 0 aliphatic carbocycles. The second-order valence-corrected chi connectivity index (χ2v) is 16.1. The van der Waals surface area contributed by atoms with E-state index in [0.29, 0.717) is 6.42 Å². The van der Waals surface area contributed by atoms with Crippen molar-refractivity contribution in [3.8, 4) is 0 Å². The molecule has 7 heteroatoms. The lowest BCUT2D eigenvalue weighted by molar-refractivity contribution is -0.122. The second kappa shape index (κ2) is 37.3. The van der Waals surface area contributed by atoms with Crippen LogP contribution in [-0.4, -0.2) is 41.9 Å². The van der Waals surface area contributed by atoms with Crippen molar-refractivity contribution in [3.05, 3.63) is 36.5 Å². The lowest BCUT2D eigenvalue weighted by Gasteiger charge is -2.21. The number of rotatable bonds is 38. The van der Waals surface area contributed by atoms with E-state index in [9.17, 15) is 22.9 Å². The number of hydrogen-bond acceptors (Lipinski definition) is 4. The molecule has 0 heterocycles. The minimum absolute atomic E-state index is 0.278. The van der Waals surface area contributed by atoms with Gasteiger partial charge >= 0.3 is 0 Å². The highest BCUT2D eigenvalue weighted by atomic mass is 32.2. The fraction of sp³-hybridized carbons (Fsp3) is 0.837. The van der Waals surface area contributed by atoms with Gasteiger partial charge in [-0.25, -0.2) is 0 Å². The van der Waals surface area contributed by atoms with Gasteiger partial charge in [0.05, 0.1) is 17.9 Å². The van der Waals surface area contributed by atoms with Gasteiger partial charge in [0.15, 0.2) is 0 Å². The molecule has 6 nitrogen and oxygen atoms in total. The summed E-state index contributed by atoms with van der Waals surface area (Å²) in [4.78, 5) is 12.5. The molecular formula is C43H81NO5S. The molecule has 0 aromatic rings. The van der Waals surface area contributed by atoms with Gasteiger partial charge < -0.3 is 10.4 Å². The van der Waals surface area contributed by atoms with Gasteiger partial charge in [0.1, 0.15) is 0 Å². The Morgan fingerprint density at radius 2 is 0.860 bits per heavy atom. The van der Waals surface area contributed by atoms with Crippen LogP contribution >= 0.6 is 0 Å². The van der Waals surface area contributed by atoms with Gasteiger partial charge in [0.25, 0.3) is 10.1 Å². The van der Waals surface area contributed by atoms with Crippen LogP contribution < -0.4 is 5.32 Å². The molecule has 0 fully saturated rings. The molecule has 0 bridgehead atoms. The van der Waals surface area contributed by atoms with Crippen molar-refractivity contribution in [3.63, 3.8) is 0 Å². The van der Waals surface area contributed by atoms with Crippen molar-refractivity contribution in [1.82, 2.24) is 5.32 Å². The molecule has 0 aromatic carbocycles. The molecule has 0 aliphatic heterocycles. The summed E-state index contributed by atoms with van der Waals surface area (Å²) in [6, 6.07) is -1.08. The summed E-state index contributed by atoms with van der Waals surface area (Å²) >= 11 is 0. The van der Waals surface area contributed by atoms with Crippen molar-refractivity contribution in [2.24, 2.45) is 0 Å². The average molecular weight is 724 g/mol. The maximum atomic E-state index is 12.5. The SMILES string of the molecule is CCCCCCCC/C=C\CCCCCCCC(=O)NC(CS(=O)(=O)O)C(O)/C=C/CC/C=C/CCCCCCCCCCCCCCCC. The largest absolute Gasteiger partial charge is 0.387 e. The van der Waals surface area contributed by atoms with Crippen LogP contribution in [-0.2, 0) is 14.9 Å². The zero-order valence-corrected chi connectivity index (χ0v) is 33.6. The van der Waals surface area contributed by atoms with Crippen molar-refractivity contribution >= 4 is 16.0 Å². The smallest absolute Gasteiger partial charge is 0.267 e. The monoisotopic (exact) mass is 724 g/mol. The van der Waals surface area contributed by atoms with Gasteiger partial charge in [-0.05, 0) is 57.8 Å². The Labute approximate surface area is 310 Å². The summed E-state index contributed by atoms with van der Waals surface area (Å²) in [6.07, 6.45) is 48.5. The van der Waals surface area contributed by atoms with Crippen molar-refractivity contribution in [2.45, 2.75) is 225 Å². The number of amides is 1. The maximum Gasteiger partial charge on any atom is 0.267 e. The van der Waals surface area contributed by atoms with E-state index >= 15 is 0 Å². The van der Waals surface area contributed by atoms with Gasteiger partial charge in [-0.1, -0.05) is 185 Å². The number of unbranched alkanes of at least 4 members (excludes halogenated alkanes) is 26. The number of hydrogen-bond donors (Lipinski definition) is 3. The number of carbonyl (C=O) groups is 1. The van der Waals surface area contributed by atoms with Crippen LogP contribution in [0.5, 0.6) is 0 Å². The van der Waals surface area contributed by atoms with Crippen molar-refractivity contribution in [1.29, 1.82) is 0 Å². The fourth-order valence-electron chi connectivity index (χ4n) is 6.34. The Kier molecular flexibility index (Phi) is 36.2. The molecule has 0 saturated carbocycles. The zero-order valence-electron chi connectivity index (χ0n) is 32.8. The molecule has 0 radical (unpaired) electrons. The Morgan fingerprint density at radius 3 is 1.26 bits per heavy atom. The third kappa shape index (κ3) is 37.8. The highest BCUT2D eigenvalue weighted by Crippen LogP contribution is 2.14. The van der Waals surface area contributed by atoms with Crippen molar-refractivity contribution < 1.29 is 22.9 Å². The normalized spacial score (nSPS) is 13.6. The Morgan fingerprint density at radius 1 is 0.520 bits per heavy atom. The van der Waals surface area contributed by atoms with Crippen LogP contribution in [0.4, 0.5) is 0 Å². The number of nitrogens with one attached hydrogen (secondary N) is 1. The molecule has 3 N–H and O–H groups in total. The molecule has 0 spiro atoms. The van der Waals surface area contributed by atoms with E-state index in [2.05, 4.69) is 43.5 Å². The van der Waals surface area contributed by atoms with E-state index in [1.54, 1.807) is 0 Å². The van der Waals surface area contributed by atoms with Crippen LogP contribution in [0.3, 0.4) is 0 Å². The molecule has 294 valence electrons. The highest BCUT2D eigenvalue weighted by Gasteiger charge is 2.24. The first kappa shape index (κ1) is 48.6. The highest BCUT2D eigenvalue weighted by molar-refractivity contribution is 7.85. The maximum absolute atomic E-state index is 12.5. The van der Waals surface area contributed by atoms with Crippen LogP contribution in [0.25, 0.3) is 0 Å². The second-order valence-electron chi connectivity index (χ2n) is 14.6. The fourth-order valence-corrected chi connectivity index (χ4v) is 7.08. The van der Waals surface area contributed by atoms with Gasteiger partial charge in [0.2, 0.25) is 5.91 Å². The lowest BCUT2D eigenvalue weighted by Crippen LogP contribution is -2.46. The Bertz CT molecular complexity index is 930. The summed E-state index contributed by atoms with van der Waals surface area (Å²) in [5, 5.41) is 13.2. The van der Waals surface area contributed by atoms with Crippen LogP contribution in [0.1, 0.15) is 213 Å². The first-order valence-corrected chi connectivity index (χ1v) is 22.8. The van der Waals surface area contributed by atoms with E-state index in [1.807, 2.05) is 6.08 Å². The molecule has 2 atom stereocenters. The molecule has 0 aliphatic rings. The number of allylic oxidation sites excluding steroid dienone is 5. The summed E-state index contributed by atoms with van der Waals surface area (Å²) in [5.41, 5.74) is 0. The third-order valence-corrected chi connectivity index (χ3v) is 10.3. The topological polar surface area (TPSA) is 104 Å². The molecule has 50 heavy (non-hydrogen) atoms. The first-order chi connectivity index (χ1) is 24.3. The minimum Gasteiger partial charge on any atom is -0.387 e. The summed E-state index contributed by atoms with van der Waals surface area (Å²) in [5.74, 6) is -1.01. The molecule has 2 unspecified atom stereocenters. The summed E-state index contributed by atoms with van der Waals surface area (Å²) in [7, 11) is -4.35. The summed E-state index contributed by atoms with van der Waals surface area (Å²) in [6.45, 7) is 4.52. The molecule has 0 saturated heterocycles. The van der Waals surface area contributed by atoms with Crippen molar-refractivity contribution in [2.75, 3.05) is 5.75 Å². The molecular weight excluding hydrogens is 643 g/mol. The van der Waals surface area contributed by atoms with Crippen LogP contribution in [0.15, 0.2) is 36.5 Å². The number of aliphatic hydroxyl groups is 1. The predicted molar refractivity (Wildman–Crippen MR) is 216 cm³/mol. The average Bonchev–Trinajstić information content (AvgIpc) is 3.08. The van der Waals surface area contributed by atoms with Gasteiger partial charge in [-0.3, -0.25) is 9.35 Å². The minimum atomic E-state index is -4.35. The molecule has 0 rings (SSSR count). The van der Waals surface area contributed by atoms with E-state index in [-0.39, 0.29) is 12.3 Å². The number of carbonyl (C=O) groups excluding carboxylic acids is 1. The Hall–Kier alpha value is -1.44. The standard InChI is InChI=1S/C43H81NO5S/c1-3-5-7-9-11-13-15-17-19-20-21-22-23-25-26-28-30-32-34-36-38-42(45)41(40-50(47,48)49)44-43(46)39-37-35-33-31-29-27-24-18-16-14-12-10-8-6-4-2/h18,24,28,30,36,38,41-42,45H,3-17,19-23,25-27,29,31-35,37,39-40H2,1-2H3,(H,44,46)(H,47,48,49)/b24-18-,30-28+,38-36+. The van der Waals surface area contributed by atoms with E-state index in [4.69, 9.17) is 0 Å². The van der Waals surface area contributed by atoms with Crippen LogP contribution in [0, 0.1) is 0 Å². The van der Waals surface area contributed by atoms with E-state index in [0.717, 1.165) is 51.4 Å². The third-order valence-electron chi connectivity index (χ3n) is 9.54. The molecule has 1 amide bonds. The van der Waals surface area contributed by atoms with Gasteiger partial charge in [0, 0.05) is 6.42 Å². The lowest BCUT2D eigenvalue weighted by atomic mass is 10.0. The molecule has 0 aromatic heterocycles. The predicted octanol–water partition coefficient (Wildman–Crippen LogP) is 12.5. The van der Waals surface area contributed by atoms with Gasteiger partial charge in [-0.15, -0.1) is 0 Å². The first-order valence-electron chi connectivity index (χ1n) is 21.2. The van der Waals surface area contributed by atoms with Gasteiger partial charge in [-0.2, -0.15) is 8.42 Å². The number of aliphatic hydroxyl groups excluding tert-OH is 1. The summed E-state index contributed by atoms with van der Waals surface area (Å²) < 4.78 is 32.5.